The highest BCUT2D eigenvalue weighted by Crippen LogP contribution is 2.16. The van der Waals surface area contributed by atoms with Crippen LogP contribution in [-0.4, -0.2) is 36.4 Å². The molecule has 0 saturated heterocycles. The van der Waals surface area contributed by atoms with Gasteiger partial charge in [-0.05, 0) is 77.0 Å². The van der Waals surface area contributed by atoms with Crippen LogP contribution < -0.4 is 0 Å². The zero-order chi connectivity index (χ0) is 44.2. The van der Waals surface area contributed by atoms with Gasteiger partial charge in [0.2, 0.25) is 0 Å². The number of carbonyl (C=O) groups is 2. The van der Waals surface area contributed by atoms with E-state index in [1.165, 1.54) is 167 Å². The van der Waals surface area contributed by atoms with Crippen molar-refractivity contribution in [2.45, 2.75) is 270 Å². The molecule has 0 aromatic rings. The number of esters is 2. The Morgan fingerprint density at radius 1 is 0.393 bits per heavy atom. The number of rotatable bonds is 48. The molecular weight excluding hydrogens is 753 g/mol. The fourth-order valence-corrected chi connectivity index (χ4v) is 7.60. The van der Waals surface area contributed by atoms with Gasteiger partial charge in [-0.15, -0.1) is 0 Å². The topological polar surface area (TPSA) is 72.8 Å². The minimum atomic E-state index is -0.775. The zero-order valence-electron chi connectivity index (χ0n) is 40.4. The van der Waals surface area contributed by atoms with E-state index in [-0.39, 0.29) is 25.2 Å². The first-order chi connectivity index (χ1) is 30.1. The van der Waals surface area contributed by atoms with E-state index in [4.69, 9.17) is 9.47 Å². The summed E-state index contributed by atoms with van der Waals surface area (Å²) >= 11 is 0. The van der Waals surface area contributed by atoms with Crippen molar-refractivity contribution in [2.24, 2.45) is 0 Å². The van der Waals surface area contributed by atoms with Crippen molar-refractivity contribution in [1.29, 1.82) is 0 Å². The number of allylic oxidation sites excluding steroid dienone is 10. The third-order valence-corrected chi connectivity index (χ3v) is 11.5. The lowest BCUT2D eigenvalue weighted by Crippen LogP contribution is -2.28. The molecule has 0 rings (SSSR count). The van der Waals surface area contributed by atoms with Gasteiger partial charge in [-0.2, -0.15) is 0 Å². The van der Waals surface area contributed by atoms with E-state index in [1.807, 2.05) is 0 Å². The van der Waals surface area contributed by atoms with Crippen molar-refractivity contribution < 1.29 is 24.2 Å². The Hall–Kier alpha value is -2.40. The number of hydrogen-bond acceptors (Lipinski definition) is 5. The molecule has 1 N–H and O–H groups in total. The fourth-order valence-electron chi connectivity index (χ4n) is 7.60. The number of hydrogen-bond donors (Lipinski definition) is 1. The molecule has 0 saturated carbocycles. The Kier molecular flexibility index (Phi) is 49.9. The average Bonchev–Trinajstić information content (AvgIpc) is 3.26. The van der Waals surface area contributed by atoms with Crippen molar-refractivity contribution in [3.63, 3.8) is 0 Å². The summed E-state index contributed by atoms with van der Waals surface area (Å²) in [6, 6.07) is 0. The normalized spacial score (nSPS) is 12.6. The maximum atomic E-state index is 12.3. The summed E-state index contributed by atoms with van der Waals surface area (Å²) < 4.78 is 10.7. The molecule has 0 aromatic carbocycles. The number of aliphatic hydroxyl groups excluding tert-OH is 1. The van der Waals surface area contributed by atoms with E-state index < -0.39 is 6.10 Å². The van der Waals surface area contributed by atoms with Gasteiger partial charge in [-0.25, -0.2) is 0 Å². The Morgan fingerprint density at radius 3 is 1.08 bits per heavy atom. The molecule has 1 atom stereocenters. The van der Waals surface area contributed by atoms with Crippen LogP contribution in [0.2, 0.25) is 0 Å². The molecule has 61 heavy (non-hydrogen) atoms. The van der Waals surface area contributed by atoms with Gasteiger partial charge in [0.25, 0.3) is 0 Å². The molecule has 0 aliphatic rings. The van der Waals surface area contributed by atoms with E-state index in [1.54, 1.807) is 0 Å². The van der Waals surface area contributed by atoms with Crippen LogP contribution in [0.1, 0.15) is 264 Å². The number of carbonyl (C=O) groups excluding carboxylic acids is 2. The smallest absolute Gasteiger partial charge is 0.306 e. The molecule has 0 aliphatic heterocycles. The van der Waals surface area contributed by atoms with Crippen molar-refractivity contribution in [3.8, 4) is 0 Å². The van der Waals surface area contributed by atoms with Gasteiger partial charge in [0.15, 0.2) is 6.10 Å². The molecule has 0 bridgehead atoms. The molecule has 0 heterocycles. The van der Waals surface area contributed by atoms with Crippen molar-refractivity contribution in [2.75, 3.05) is 13.2 Å². The first-order valence-electron chi connectivity index (χ1n) is 26.3. The first-order valence-corrected chi connectivity index (χ1v) is 26.3. The Labute approximate surface area is 379 Å². The van der Waals surface area contributed by atoms with Crippen LogP contribution in [0.15, 0.2) is 60.8 Å². The van der Waals surface area contributed by atoms with Crippen LogP contribution in [-0.2, 0) is 19.1 Å². The zero-order valence-corrected chi connectivity index (χ0v) is 40.4. The van der Waals surface area contributed by atoms with Gasteiger partial charge in [0.1, 0.15) is 6.61 Å². The third kappa shape index (κ3) is 50.1. The van der Waals surface area contributed by atoms with E-state index in [9.17, 15) is 14.7 Å². The van der Waals surface area contributed by atoms with Crippen LogP contribution in [0, 0.1) is 0 Å². The molecule has 0 amide bonds. The molecule has 5 heteroatoms. The largest absolute Gasteiger partial charge is 0.462 e. The van der Waals surface area contributed by atoms with E-state index >= 15 is 0 Å². The Morgan fingerprint density at radius 2 is 0.705 bits per heavy atom. The molecule has 354 valence electrons. The predicted molar refractivity (Wildman–Crippen MR) is 265 cm³/mol. The monoisotopic (exact) mass is 853 g/mol. The standard InChI is InChI=1S/C56H100O5/c1-3-5-7-9-11-13-15-17-19-21-22-23-24-25-26-27-28-29-30-31-32-33-34-35-37-39-41-43-45-47-49-51-56(59)61-54(52-57)53-60-55(58)50-48-46-44-42-40-38-36-20-18-16-14-12-10-8-6-4-2/h5,7,11,13,17,19-20,22-23,36,54,57H,3-4,6,8-10,12,14-16,18,21,24-35,37-53H2,1-2H3/b7-5-,13-11-,19-17-,23-22-,36-20-. The molecule has 0 aromatic heterocycles. The highest BCUT2D eigenvalue weighted by atomic mass is 16.6. The second-order valence-corrected chi connectivity index (χ2v) is 17.6. The summed E-state index contributed by atoms with van der Waals surface area (Å²) in [4.78, 5) is 24.4. The van der Waals surface area contributed by atoms with Crippen LogP contribution >= 0.6 is 0 Å². The third-order valence-electron chi connectivity index (χ3n) is 11.5. The Balaban J connectivity index is 3.46. The lowest BCUT2D eigenvalue weighted by molar-refractivity contribution is -0.161. The van der Waals surface area contributed by atoms with Gasteiger partial charge in [0, 0.05) is 12.8 Å². The summed E-state index contributed by atoms with van der Waals surface area (Å²) in [5.41, 5.74) is 0. The number of ether oxygens (including phenoxy) is 2. The maximum Gasteiger partial charge on any atom is 0.306 e. The van der Waals surface area contributed by atoms with Crippen LogP contribution in [0.4, 0.5) is 0 Å². The van der Waals surface area contributed by atoms with Crippen molar-refractivity contribution >= 4 is 11.9 Å². The minimum absolute atomic E-state index is 0.0682. The van der Waals surface area contributed by atoms with E-state index in [0.717, 1.165) is 70.6 Å². The lowest BCUT2D eigenvalue weighted by Gasteiger charge is -2.15. The highest BCUT2D eigenvalue weighted by molar-refractivity contribution is 5.70. The van der Waals surface area contributed by atoms with Gasteiger partial charge in [-0.3, -0.25) is 9.59 Å². The lowest BCUT2D eigenvalue weighted by atomic mass is 10.0. The molecule has 0 radical (unpaired) electrons. The summed E-state index contributed by atoms with van der Waals surface area (Å²) in [5, 5.41) is 9.62. The van der Waals surface area contributed by atoms with Gasteiger partial charge in [0.05, 0.1) is 6.61 Å². The summed E-state index contributed by atoms with van der Waals surface area (Å²) in [7, 11) is 0. The van der Waals surface area contributed by atoms with Gasteiger partial charge >= 0.3 is 11.9 Å². The van der Waals surface area contributed by atoms with Crippen molar-refractivity contribution in [1.82, 2.24) is 0 Å². The highest BCUT2D eigenvalue weighted by Gasteiger charge is 2.16. The second kappa shape index (κ2) is 51.9. The summed E-state index contributed by atoms with van der Waals surface area (Å²) in [6.07, 6.45) is 69.0. The van der Waals surface area contributed by atoms with Crippen LogP contribution in [0.5, 0.6) is 0 Å². The van der Waals surface area contributed by atoms with E-state index in [0.29, 0.717) is 12.8 Å². The van der Waals surface area contributed by atoms with Gasteiger partial charge < -0.3 is 14.6 Å². The molecule has 0 aliphatic carbocycles. The fraction of sp³-hybridized carbons (Fsp3) is 0.786. The SMILES string of the molecule is CC/C=C\C/C=C\C/C=C\C/C=C\CCCCCCCCCCCCCCCCCCCCC(=O)OC(CO)COC(=O)CCCCCCC/C=C\CCCCCCCCC. The van der Waals surface area contributed by atoms with Gasteiger partial charge in [-0.1, -0.05) is 235 Å². The maximum absolute atomic E-state index is 12.3. The molecule has 0 fully saturated rings. The second-order valence-electron chi connectivity index (χ2n) is 17.6. The average molecular weight is 853 g/mol. The molecular formula is C56H100O5. The predicted octanol–water partition coefficient (Wildman–Crippen LogP) is 17.5. The van der Waals surface area contributed by atoms with Crippen LogP contribution in [0.25, 0.3) is 0 Å². The summed E-state index contributed by atoms with van der Waals surface area (Å²) in [5.74, 6) is -0.591. The number of aliphatic hydroxyl groups is 1. The number of unbranched alkanes of at least 4 members (excludes halogenated alkanes) is 30. The molecule has 5 nitrogen and oxygen atoms in total. The van der Waals surface area contributed by atoms with E-state index in [2.05, 4.69) is 74.6 Å². The quantitative estimate of drug-likeness (QED) is 0.0375. The Bertz CT molecular complexity index is 1060. The van der Waals surface area contributed by atoms with Crippen LogP contribution in [0.3, 0.4) is 0 Å². The molecule has 1 unspecified atom stereocenters. The first kappa shape index (κ1) is 58.6. The molecule has 0 spiro atoms. The minimum Gasteiger partial charge on any atom is -0.462 e. The summed E-state index contributed by atoms with van der Waals surface area (Å²) in [6.45, 7) is 4.04. The van der Waals surface area contributed by atoms with Crippen molar-refractivity contribution in [3.05, 3.63) is 60.8 Å².